The number of aryl methyl sites for hydroxylation is 1. The minimum atomic E-state index is 0.0988. The molecule has 1 atom stereocenters. The molecule has 0 N–H and O–H groups in total. The van der Waals surface area contributed by atoms with Crippen LogP contribution in [0.25, 0.3) is 6.08 Å². The van der Waals surface area contributed by atoms with Crippen molar-refractivity contribution in [3.05, 3.63) is 75.6 Å². The summed E-state index contributed by atoms with van der Waals surface area (Å²) in [6, 6.07) is 10.4. The molecule has 1 fully saturated rings. The van der Waals surface area contributed by atoms with Gasteiger partial charge < -0.3 is 13.9 Å². The van der Waals surface area contributed by atoms with E-state index < -0.39 is 0 Å². The number of aromatic nitrogens is 1. The summed E-state index contributed by atoms with van der Waals surface area (Å²) >= 11 is 1.73. The van der Waals surface area contributed by atoms with Crippen molar-refractivity contribution >= 4 is 23.3 Å². The predicted octanol–water partition coefficient (Wildman–Crippen LogP) is 5.18. The van der Waals surface area contributed by atoms with E-state index >= 15 is 0 Å². The third kappa shape index (κ3) is 3.65. The van der Waals surface area contributed by atoms with Gasteiger partial charge in [-0.25, -0.2) is 0 Å². The number of likely N-dealkylation sites (tertiary alicyclic amines) is 1. The third-order valence-corrected chi connectivity index (χ3v) is 6.29. The van der Waals surface area contributed by atoms with Crippen LogP contribution >= 0.6 is 11.3 Å². The molecule has 0 radical (unpaired) electrons. The highest BCUT2D eigenvalue weighted by atomic mass is 32.1. The van der Waals surface area contributed by atoms with Crippen LogP contribution < -0.4 is 0 Å². The van der Waals surface area contributed by atoms with Gasteiger partial charge in [-0.15, -0.1) is 11.3 Å². The molecule has 0 spiro atoms. The van der Waals surface area contributed by atoms with Crippen molar-refractivity contribution in [2.45, 2.75) is 39.3 Å². The zero-order chi connectivity index (χ0) is 18.8. The zero-order valence-corrected chi connectivity index (χ0v) is 16.5. The maximum absolute atomic E-state index is 12.8. The van der Waals surface area contributed by atoms with E-state index in [-0.39, 0.29) is 11.9 Å². The summed E-state index contributed by atoms with van der Waals surface area (Å²) in [4.78, 5) is 16.1. The molecule has 5 heteroatoms. The van der Waals surface area contributed by atoms with Crippen LogP contribution in [0.2, 0.25) is 0 Å². The van der Waals surface area contributed by atoms with Crippen LogP contribution in [0.15, 0.2) is 52.5 Å². The van der Waals surface area contributed by atoms with Gasteiger partial charge in [-0.2, -0.15) is 0 Å². The monoisotopic (exact) mass is 380 g/mol. The topological polar surface area (TPSA) is 38.4 Å². The number of furan rings is 1. The second-order valence-corrected chi connectivity index (χ2v) is 8.01. The van der Waals surface area contributed by atoms with E-state index in [1.54, 1.807) is 23.7 Å². The molecule has 4 rings (SSSR count). The van der Waals surface area contributed by atoms with Crippen LogP contribution in [0.5, 0.6) is 0 Å². The fourth-order valence-corrected chi connectivity index (χ4v) is 4.74. The minimum absolute atomic E-state index is 0.0988. The third-order valence-electron chi connectivity index (χ3n) is 5.32. The van der Waals surface area contributed by atoms with E-state index in [2.05, 4.69) is 42.0 Å². The van der Waals surface area contributed by atoms with Gasteiger partial charge in [-0.1, -0.05) is 6.07 Å². The Balaban J connectivity index is 1.50. The SMILES string of the molecule is Cc1cc(/C=C/C(=O)N2CCCC2c2cccs2)c(C)n1Cc1ccco1. The first-order valence-electron chi connectivity index (χ1n) is 9.34. The number of carbonyl (C=O) groups excluding carboxylic acids is 1. The molecule has 1 aliphatic heterocycles. The average Bonchev–Trinajstić information content (AvgIpc) is 3.44. The van der Waals surface area contributed by atoms with Crippen LogP contribution in [-0.4, -0.2) is 21.9 Å². The van der Waals surface area contributed by atoms with Gasteiger partial charge >= 0.3 is 0 Å². The number of thiophene rings is 1. The molecule has 1 amide bonds. The van der Waals surface area contributed by atoms with Gasteiger partial charge in [0.15, 0.2) is 0 Å². The summed E-state index contributed by atoms with van der Waals surface area (Å²) in [6.07, 6.45) is 7.50. The van der Waals surface area contributed by atoms with E-state index in [0.29, 0.717) is 6.54 Å². The number of hydrogen-bond donors (Lipinski definition) is 0. The Hall–Kier alpha value is -2.53. The molecule has 4 nitrogen and oxygen atoms in total. The Bertz CT molecular complexity index is 936. The van der Waals surface area contributed by atoms with Gasteiger partial charge in [0.25, 0.3) is 0 Å². The van der Waals surface area contributed by atoms with Gasteiger partial charge in [-0.05, 0) is 68.0 Å². The molecule has 3 aromatic heterocycles. The normalized spacial score (nSPS) is 17.3. The first-order chi connectivity index (χ1) is 13.1. The molecule has 0 aromatic carbocycles. The molecule has 140 valence electrons. The van der Waals surface area contributed by atoms with Crippen LogP contribution in [-0.2, 0) is 11.3 Å². The number of rotatable bonds is 5. The molecule has 4 heterocycles. The first kappa shape index (κ1) is 17.9. The molecular weight excluding hydrogens is 356 g/mol. The van der Waals surface area contributed by atoms with E-state index in [1.807, 2.05) is 23.1 Å². The highest BCUT2D eigenvalue weighted by molar-refractivity contribution is 7.10. The zero-order valence-electron chi connectivity index (χ0n) is 15.7. The molecule has 1 unspecified atom stereocenters. The maximum Gasteiger partial charge on any atom is 0.247 e. The molecular formula is C22H24N2O2S. The highest BCUT2D eigenvalue weighted by Crippen LogP contribution is 2.34. The lowest BCUT2D eigenvalue weighted by molar-refractivity contribution is -0.126. The predicted molar refractivity (Wildman–Crippen MR) is 109 cm³/mol. The maximum atomic E-state index is 12.8. The second kappa shape index (κ2) is 7.61. The van der Waals surface area contributed by atoms with E-state index in [1.165, 1.54) is 4.88 Å². The lowest BCUT2D eigenvalue weighted by Crippen LogP contribution is -2.28. The average molecular weight is 381 g/mol. The standard InChI is InChI=1S/C22H24N2O2S/c1-16-14-18(17(2)24(16)15-19-6-4-12-26-19)9-10-22(25)23-11-3-7-20(23)21-8-5-13-27-21/h4-6,8-10,12-14,20H,3,7,11,15H2,1-2H3/b10-9+. The summed E-state index contributed by atoms with van der Waals surface area (Å²) in [5, 5.41) is 2.08. The molecule has 1 aliphatic rings. The largest absolute Gasteiger partial charge is 0.467 e. The lowest BCUT2D eigenvalue weighted by atomic mass is 10.2. The fraction of sp³-hybridized carbons (Fsp3) is 0.318. The van der Waals surface area contributed by atoms with Crippen LogP contribution in [0, 0.1) is 13.8 Å². The molecule has 27 heavy (non-hydrogen) atoms. The quantitative estimate of drug-likeness (QED) is 0.572. The smallest absolute Gasteiger partial charge is 0.247 e. The van der Waals surface area contributed by atoms with Crippen molar-refractivity contribution in [1.82, 2.24) is 9.47 Å². The van der Waals surface area contributed by atoms with Gasteiger partial charge in [0.2, 0.25) is 5.91 Å². The number of amides is 1. The summed E-state index contributed by atoms with van der Waals surface area (Å²) in [7, 11) is 0. The van der Waals surface area contributed by atoms with Gasteiger partial charge in [0.05, 0.1) is 18.8 Å². The van der Waals surface area contributed by atoms with Crippen LogP contribution in [0.1, 0.15) is 46.5 Å². The van der Waals surface area contributed by atoms with Crippen molar-refractivity contribution < 1.29 is 9.21 Å². The first-order valence-corrected chi connectivity index (χ1v) is 10.2. The van der Waals surface area contributed by atoms with E-state index in [4.69, 9.17) is 4.42 Å². The minimum Gasteiger partial charge on any atom is -0.467 e. The summed E-state index contributed by atoms with van der Waals surface area (Å²) in [5.41, 5.74) is 3.39. The van der Waals surface area contributed by atoms with Crippen molar-refractivity contribution in [2.75, 3.05) is 6.54 Å². The van der Waals surface area contributed by atoms with Gasteiger partial charge in [-0.3, -0.25) is 4.79 Å². The van der Waals surface area contributed by atoms with E-state index in [9.17, 15) is 4.79 Å². The Kier molecular flexibility index (Phi) is 5.03. The Labute approximate surface area is 163 Å². The summed E-state index contributed by atoms with van der Waals surface area (Å²) in [6.45, 7) is 5.72. The summed E-state index contributed by atoms with van der Waals surface area (Å²) < 4.78 is 7.69. The second-order valence-electron chi connectivity index (χ2n) is 7.03. The number of carbonyl (C=O) groups is 1. The number of nitrogens with zero attached hydrogens (tertiary/aromatic N) is 2. The van der Waals surface area contributed by atoms with Crippen molar-refractivity contribution in [3.8, 4) is 0 Å². The number of hydrogen-bond acceptors (Lipinski definition) is 3. The molecule has 1 saturated heterocycles. The van der Waals surface area contributed by atoms with Crippen LogP contribution in [0.3, 0.4) is 0 Å². The van der Waals surface area contributed by atoms with Crippen molar-refractivity contribution in [3.63, 3.8) is 0 Å². The fourth-order valence-electron chi connectivity index (χ4n) is 3.86. The van der Waals surface area contributed by atoms with Gasteiger partial charge in [0.1, 0.15) is 5.76 Å². The Morgan fingerprint density at radius 1 is 1.33 bits per heavy atom. The van der Waals surface area contributed by atoms with Crippen LogP contribution in [0.4, 0.5) is 0 Å². The Morgan fingerprint density at radius 3 is 2.96 bits per heavy atom. The Morgan fingerprint density at radius 2 is 2.22 bits per heavy atom. The van der Waals surface area contributed by atoms with Crippen molar-refractivity contribution in [1.29, 1.82) is 0 Å². The molecule has 0 aliphatic carbocycles. The van der Waals surface area contributed by atoms with Gasteiger partial charge in [0, 0.05) is 28.9 Å². The highest BCUT2D eigenvalue weighted by Gasteiger charge is 2.29. The van der Waals surface area contributed by atoms with Crippen molar-refractivity contribution in [2.24, 2.45) is 0 Å². The summed E-state index contributed by atoms with van der Waals surface area (Å²) in [5.74, 6) is 1.03. The molecule has 0 bridgehead atoms. The molecule has 3 aromatic rings. The molecule has 0 saturated carbocycles. The lowest BCUT2D eigenvalue weighted by Gasteiger charge is -2.22. The van der Waals surface area contributed by atoms with E-state index in [0.717, 1.165) is 42.1 Å².